The van der Waals surface area contributed by atoms with E-state index in [9.17, 15) is 4.79 Å². The Bertz CT molecular complexity index is 390. The molecule has 78 valence electrons. The van der Waals surface area contributed by atoms with Gasteiger partial charge < -0.3 is 9.47 Å². The van der Waals surface area contributed by atoms with Crippen LogP contribution < -0.4 is 0 Å². The van der Waals surface area contributed by atoms with Crippen molar-refractivity contribution < 1.29 is 14.3 Å². The van der Waals surface area contributed by atoms with Gasteiger partial charge in [-0.2, -0.15) is 0 Å². The Labute approximate surface area is 87.7 Å². The second-order valence-corrected chi connectivity index (χ2v) is 4.72. The maximum Gasteiger partial charge on any atom is 0.182 e. The fourth-order valence-corrected chi connectivity index (χ4v) is 3.71. The number of ether oxygens (including phenoxy) is 2. The third-order valence-electron chi connectivity index (χ3n) is 4.22. The van der Waals surface area contributed by atoms with Crippen LogP contribution in [0.5, 0.6) is 0 Å². The van der Waals surface area contributed by atoms with E-state index in [0.29, 0.717) is 19.1 Å². The molecular weight excluding hydrogens is 192 g/mol. The minimum atomic E-state index is -0.490. The van der Waals surface area contributed by atoms with Crippen LogP contribution in [0.25, 0.3) is 0 Å². The van der Waals surface area contributed by atoms with Crippen LogP contribution in [-0.4, -0.2) is 24.8 Å². The Morgan fingerprint density at radius 1 is 1.13 bits per heavy atom. The lowest BCUT2D eigenvalue weighted by atomic mass is 9.85. The van der Waals surface area contributed by atoms with E-state index in [1.54, 1.807) is 6.08 Å². The number of rotatable bonds is 0. The molecule has 4 atom stereocenters. The van der Waals surface area contributed by atoms with Gasteiger partial charge in [-0.3, -0.25) is 4.79 Å². The van der Waals surface area contributed by atoms with Gasteiger partial charge in [0.2, 0.25) is 0 Å². The number of carbonyl (C=O) groups excluding carboxylic acids is 1. The van der Waals surface area contributed by atoms with Gasteiger partial charge in [0.15, 0.2) is 11.6 Å². The zero-order valence-corrected chi connectivity index (χ0v) is 8.26. The van der Waals surface area contributed by atoms with Crippen LogP contribution in [0, 0.1) is 23.7 Å². The van der Waals surface area contributed by atoms with E-state index in [0.717, 1.165) is 0 Å². The molecule has 2 fully saturated rings. The number of carbonyl (C=O) groups is 1. The molecule has 0 unspecified atom stereocenters. The van der Waals surface area contributed by atoms with E-state index >= 15 is 0 Å². The fraction of sp³-hybridized carbons (Fsp3) is 0.583. The first-order chi connectivity index (χ1) is 7.33. The summed E-state index contributed by atoms with van der Waals surface area (Å²) in [4.78, 5) is 11.8. The summed E-state index contributed by atoms with van der Waals surface area (Å²) in [7, 11) is 0. The summed E-state index contributed by atoms with van der Waals surface area (Å²) in [5.41, 5.74) is 0. The van der Waals surface area contributed by atoms with Crippen LogP contribution in [0.15, 0.2) is 24.3 Å². The topological polar surface area (TPSA) is 35.5 Å². The van der Waals surface area contributed by atoms with Gasteiger partial charge in [0, 0.05) is 17.8 Å². The smallest absolute Gasteiger partial charge is 0.182 e. The molecule has 0 N–H and O–H groups in total. The molecule has 1 saturated heterocycles. The summed E-state index contributed by atoms with van der Waals surface area (Å²) in [6.07, 6.45) is 8.04. The lowest BCUT2D eigenvalue weighted by Gasteiger charge is -2.28. The molecule has 4 aliphatic rings. The summed E-state index contributed by atoms with van der Waals surface area (Å²) in [5, 5.41) is 0. The summed E-state index contributed by atoms with van der Waals surface area (Å²) in [5.74, 6) is 0.532. The van der Waals surface area contributed by atoms with Gasteiger partial charge in [0.1, 0.15) is 0 Å². The lowest BCUT2D eigenvalue weighted by Crippen LogP contribution is -2.38. The Morgan fingerprint density at radius 2 is 1.87 bits per heavy atom. The zero-order valence-electron chi connectivity index (χ0n) is 8.26. The highest BCUT2D eigenvalue weighted by atomic mass is 16.7. The zero-order chi connectivity index (χ0) is 10.0. The van der Waals surface area contributed by atoms with E-state index in [4.69, 9.17) is 9.47 Å². The van der Waals surface area contributed by atoms with Crippen molar-refractivity contribution in [3.05, 3.63) is 24.3 Å². The van der Waals surface area contributed by atoms with Gasteiger partial charge >= 0.3 is 0 Å². The molecule has 0 amide bonds. The van der Waals surface area contributed by atoms with Crippen molar-refractivity contribution in [1.82, 2.24) is 0 Å². The average molecular weight is 204 g/mol. The molecule has 1 heterocycles. The number of ketones is 1. The molecule has 3 heteroatoms. The van der Waals surface area contributed by atoms with E-state index in [1.165, 1.54) is 0 Å². The lowest BCUT2D eigenvalue weighted by molar-refractivity contribution is -0.188. The van der Waals surface area contributed by atoms with Gasteiger partial charge in [-0.15, -0.1) is 0 Å². The molecule has 2 bridgehead atoms. The molecule has 4 rings (SSSR count). The average Bonchev–Trinajstić information content (AvgIpc) is 2.96. The van der Waals surface area contributed by atoms with Crippen molar-refractivity contribution in [3.63, 3.8) is 0 Å². The second-order valence-electron chi connectivity index (χ2n) is 4.72. The maximum absolute atomic E-state index is 11.8. The third kappa shape index (κ3) is 0.755. The third-order valence-corrected chi connectivity index (χ3v) is 4.22. The van der Waals surface area contributed by atoms with Gasteiger partial charge in [0.25, 0.3) is 0 Å². The standard InChI is InChI=1S/C12H12O3/c13-10-4-1-7-8-2-3-9(11(7)10)12(8)14-5-6-15-12/h1-4,7-9,11H,5-6H2/t7-,8+,9-,11-/m1/s1. The van der Waals surface area contributed by atoms with Crippen LogP contribution in [0.1, 0.15) is 0 Å². The van der Waals surface area contributed by atoms with Crippen LogP contribution in [0.4, 0.5) is 0 Å². The van der Waals surface area contributed by atoms with Gasteiger partial charge in [-0.25, -0.2) is 0 Å². The first-order valence-corrected chi connectivity index (χ1v) is 5.51. The molecular formula is C12H12O3. The Hall–Kier alpha value is -0.930. The van der Waals surface area contributed by atoms with Gasteiger partial charge in [0.05, 0.1) is 13.2 Å². The fourth-order valence-electron chi connectivity index (χ4n) is 3.71. The molecule has 1 saturated carbocycles. The highest BCUT2D eigenvalue weighted by Gasteiger charge is 2.66. The molecule has 1 spiro atoms. The predicted molar refractivity (Wildman–Crippen MR) is 51.9 cm³/mol. The van der Waals surface area contributed by atoms with Crippen molar-refractivity contribution in [2.75, 3.05) is 13.2 Å². The quantitative estimate of drug-likeness (QED) is 0.550. The Balaban J connectivity index is 1.83. The van der Waals surface area contributed by atoms with E-state index in [-0.39, 0.29) is 23.5 Å². The van der Waals surface area contributed by atoms with Crippen LogP contribution in [0.2, 0.25) is 0 Å². The minimum Gasteiger partial charge on any atom is -0.346 e. The molecule has 1 aliphatic heterocycles. The molecule has 15 heavy (non-hydrogen) atoms. The highest BCUT2D eigenvalue weighted by molar-refractivity contribution is 5.96. The first-order valence-electron chi connectivity index (χ1n) is 5.51. The summed E-state index contributed by atoms with van der Waals surface area (Å²) < 4.78 is 11.6. The number of fused-ring (bicyclic) bond motifs is 3. The van der Waals surface area contributed by atoms with Crippen molar-refractivity contribution >= 4 is 5.78 Å². The van der Waals surface area contributed by atoms with Crippen LogP contribution in [-0.2, 0) is 14.3 Å². The molecule has 3 nitrogen and oxygen atoms in total. The van der Waals surface area contributed by atoms with Crippen molar-refractivity contribution in [1.29, 1.82) is 0 Å². The molecule has 0 aromatic rings. The van der Waals surface area contributed by atoms with E-state index < -0.39 is 5.79 Å². The Morgan fingerprint density at radius 3 is 2.60 bits per heavy atom. The van der Waals surface area contributed by atoms with Crippen molar-refractivity contribution in [2.45, 2.75) is 5.79 Å². The summed E-state index contributed by atoms with van der Waals surface area (Å²) in [6, 6.07) is 0. The van der Waals surface area contributed by atoms with Gasteiger partial charge in [-0.1, -0.05) is 18.2 Å². The molecule has 0 radical (unpaired) electrons. The minimum absolute atomic E-state index is 0.0816. The van der Waals surface area contributed by atoms with E-state index in [1.807, 2.05) is 6.08 Å². The van der Waals surface area contributed by atoms with Gasteiger partial charge in [-0.05, 0) is 12.0 Å². The summed E-state index contributed by atoms with van der Waals surface area (Å²) in [6.45, 7) is 1.32. The summed E-state index contributed by atoms with van der Waals surface area (Å²) >= 11 is 0. The van der Waals surface area contributed by atoms with Crippen LogP contribution in [0.3, 0.4) is 0 Å². The van der Waals surface area contributed by atoms with Crippen LogP contribution >= 0.6 is 0 Å². The van der Waals surface area contributed by atoms with E-state index in [2.05, 4.69) is 12.2 Å². The molecule has 3 aliphatic carbocycles. The molecule has 0 aromatic heterocycles. The SMILES string of the molecule is O=C1C=C[C@H]2[C@@H]1[C@H]1C=C[C@@H]2C12OCCO2. The second kappa shape index (κ2) is 2.42. The number of hydrogen-bond donors (Lipinski definition) is 0. The maximum atomic E-state index is 11.8. The Kier molecular flexibility index (Phi) is 1.33. The number of hydrogen-bond acceptors (Lipinski definition) is 3. The normalized spacial score (nSPS) is 48.4. The first kappa shape index (κ1) is 8.25. The largest absolute Gasteiger partial charge is 0.346 e. The predicted octanol–water partition coefficient (Wildman–Crippen LogP) is 0.917. The van der Waals surface area contributed by atoms with Crippen molar-refractivity contribution in [3.8, 4) is 0 Å². The monoisotopic (exact) mass is 204 g/mol. The molecule has 0 aromatic carbocycles. The number of allylic oxidation sites excluding steroid dienone is 2. The highest BCUT2D eigenvalue weighted by Crippen LogP contribution is 2.60. The van der Waals surface area contributed by atoms with Crippen molar-refractivity contribution in [2.24, 2.45) is 23.7 Å².